The van der Waals surface area contributed by atoms with Gasteiger partial charge in [-0.3, -0.25) is 14.4 Å². The number of carboxylic acid groups (broad SMARTS) is 3. The van der Waals surface area contributed by atoms with Crippen LogP contribution in [0.2, 0.25) is 0 Å². The van der Waals surface area contributed by atoms with Crippen LogP contribution < -0.4 is 14.8 Å². The smallest absolute Gasteiger partial charge is 0.490 e. The van der Waals surface area contributed by atoms with Crippen LogP contribution in [-0.4, -0.2) is 119 Å². The minimum atomic E-state index is -5.08. The van der Waals surface area contributed by atoms with Gasteiger partial charge in [0.25, 0.3) is 5.91 Å². The molecule has 3 aromatic rings. The molecule has 0 saturated carbocycles. The van der Waals surface area contributed by atoms with Gasteiger partial charge in [-0.25, -0.2) is 23.8 Å². The Bertz CT molecular complexity index is 1880. The first kappa shape index (κ1) is 42.2. The third-order valence-corrected chi connectivity index (χ3v) is 7.82. The van der Waals surface area contributed by atoms with Crippen molar-refractivity contribution in [3.63, 3.8) is 0 Å². The predicted molar refractivity (Wildman–Crippen MR) is 177 cm³/mol. The number of hydrogen-bond acceptors (Lipinski definition) is 10. The van der Waals surface area contributed by atoms with E-state index in [-0.39, 0.29) is 79.2 Å². The number of carbonyl (C=O) groups excluding carboxylic acids is 3. The lowest BCUT2D eigenvalue weighted by Gasteiger charge is -2.35. The van der Waals surface area contributed by atoms with Crippen molar-refractivity contribution >= 4 is 46.7 Å². The number of carbonyl (C=O) groups is 6. The molecule has 1 aliphatic rings. The first-order valence-corrected chi connectivity index (χ1v) is 16.0. The fourth-order valence-corrected chi connectivity index (χ4v) is 5.04. The normalized spacial score (nSPS) is 13.8. The molecule has 3 amide bonds. The topological polar surface area (TPSA) is 222 Å². The van der Waals surface area contributed by atoms with E-state index in [1.807, 2.05) is 0 Å². The van der Waals surface area contributed by atoms with Crippen molar-refractivity contribution < 1.29 is 75.9 Å². The summed E-state index contributed by atoms with van der Waals surface area (Å²) in [4.78, 5) is 78.4. The highest BCUT2D eigenvalue weighted by atomic mass is 19.4. The lowest BCUT2D eigenvalue weighted by Crippen LogP contribution is -2.53. The molecule has 0 radical (unpaired) electrons. The molecule has 16 nitrogen and oxygen atoms in total. The van der Waals surface area contributed by atoms with Gasteiger partial charge in [0.15, 0.2) is 0 Å². The molecule has 0 spiro atoms. The molecule has 1 aliphatic heterocycles. The van der Waals surface area contributed by atoms with Crippen LogP contribution >= 0.6 is 0 Å². The highest BCUT2D eigenvalue weighted by Crippen LogP contribution is 2.33. The van der Waals surface area contributed by atoms with E-state index in [1.54, 1.807) is 19.1 Å². The van der Waals surface area contributed by atoms with E-state index in [4.69, 9.17) is 24.1 Å². The van der Waals surface area contributed by atoms with Gasteiger partial charge >= 0.3 is 30.2 Å². The van der Waals surface area contributed by atoms with Gasteiger partial charge in [-0.1, -0.05) is 12.1 Å². The molecule has 20 heteroatoms. The standard InChI is InChI=1S/C32H35FN4O10.C2HF3O2/c1-4-46-32(44)37-12-10-36(11-13-37)29(39)21(30(40)41)8-9-34-28(38)25-17-26(22-16-23(33)18(2)14-24(22)35-25)47-27(31(42)43)19-6-5-7-20(15-19)45-3;3-2(4,5)1(6)7/h5-7,14-17,21,27H,4,8-13H2,1-3H3,(H,34,38)(H,40,41)(H,42,43);(H,6,7). The number of alkyl halides is 3. The number of nitrogens with one attached hydrogen (secondary N) is 1. The van der Waals surface area contributed by atoms with Crippen LogP contribution in [0.3, 0.4) is 0 Å². The molecule has 4 N–H and O–H groups in total. The number of ether oxygens (including phenoxy) is 3. The minimum absolute atomic E-state index is 0.124. The van der Waals surface area contributed by atoms with Crippen molar-refractivity contribution in [1.29, 1.82) is 0 Å². The third kappa shape index (κ3) is 11.1. The number of pyridine rings is 1. The Morgan fingerprint density at radius 1 is 0.944 bits per heavy atom. The summed E-state index contributed by atoms with van der Waals surface area (Å²) >= 11 is 0. The molecule has 1 fully saturated rings. The third-order valence-electron chi connectivity index (χ3n) is 7.82. The molecule has 2 atom stereocenters. The summed E-state index contributed by atoms with van der Waals surface area (Å²) in [7, 11) is 1.42. The molecule has 292 valence electrons. The van der Waals surface area contributed by atoms with Crippen LogP contribution in [0.4, 0.5) is 22.4 Å². The summed E-state index contributed by atoms with van der Waals surface area (Å²) in [5, 5.41) is 29.5. The molecule has 2 heterocycles. The summed E-state index contributed by atoms with van der Waals surface area (Å²) in [6.07, 6.45) is -7.39. The number of fused-ring (bicyclic) bond motifs is 1. The second-order valence-corrected chi connectivity index (χ2v) is 11.5. The number of halogens is 4. The second-order valence-electron chi connectivity index (χ2n) is 11.5. The van der Waals surface area contributed by atoms with Gasteiger partial charge in [-0.15, -0.1) is 0 Å². The number of nitrogens with zero attached hydrogens (tertiary/aromatic N) is 3. The molecule has 4 rings (SSSR count). The Morgan fingerprint density at radius 2 is 1.57 bits per heavy atom. The molecule has 1 aromatic heterocycles. The Hall–Kier alpha value is -6.21. The Balaban J connectivity index is 0.00000102. The van der Waals surface area contributed by atoms with E-state index in [2.05, 4.69) is 10.3 Å². The lowest BCUT2D eigenvalue weighted by molar-refractivity contribution is -0.192. The number of aromatic nitrogens is 1. The molecular formula is C34H36F4N4O12. The molecule has 2 unspecified atom stereocenters. The highest BCUT2D eigenvalue weighted by molar-refractivity contribution is 5.98. The van der Waals surface area contributed by atoms with Crippen molar-refractivity contribution in [2.75, 3.05) is 46.4 Å². The average molecular weight is 769 g/mol. The minimum Gasteiger partial charge on any atom is -0.497 e. The Morgan fingerprint density at radius 3 is 2.13 bits per heavy atom. The maximum Gasteiger partial charge on any atom is 0.490 e. The zero-order valence-corrected chi connectivity index (χ0v) is 29.0. The maximum absolute atomic E-state index is 14.6. The number of piperazine rings is 1. The highest BCUT2D eigenvalue weighted by Gasteiger charge is 2.38. The lowest BCUT2D eigenvalue weighted by atomic mass is 10.0. The number of aliphatic carboxylic acids is 3. The molecule has 0 bridgehead atoms. The quantitative estimate of drug-likeness (QED) is 0.153. The number of rotatable bonds is 12. The van der Waals surface area contributed by atoms with Gasteiger partial charge in [0.2, 0.25) is 12.0 Å². The number of carboxylic acids is 3. The summed E-state index contributed by atoms with van der Waals surface area (Å²) in [5.41, 5.74) is 0.400. The van der Waals surface area contributed by atoms with Gasteiger partial charge in [-0.2, -0.15) is 13.2 Å². The fraction of sp³-hybridized carbons (Fsp3) is 0.382. The van der Waals surface area contributed by atoms with Gasteiger partial charge in [-0.05, 0) is 50.1 Å². The average Bonchev–Trinajstić information content (AvgIpc) is 3.12. The number of methoxy groups -OCH3 is 1. The van der Waals surface area contributed by atoms with Crippen LogP contribution in [0.25, 0.3) is 10.9 Å². The molecule has 1 saturated heterocycles. The number of benzene rings is 2. The van der Waals surface area contributed by atoms with Crippen molar-refractivity contribution in [1.82, 2.24) is 20.1 Å². The van der Waals surface area contributed by atoms with E-state index in [0.29, 0.717) is 5.75 Å². The van der Waals surface area contributed by atoms with Crippen LogP contribution in [0.5, 0.6) is 11.5 Å². The summed E-state index contributed by atoms with van der Waals surface area (Å²) in [6.45, 7) is 3.81. The van der Waals surface area contributed by atoms with Crippen LogP contribution in [0.15, 0.2) is 42.5 Å². The largest absolute Gasteiger partial charge is 0.497 e. The van der Waals surface area contributed by atoms with Gasteiger partial charge < -0.3 is 44.6 Å². The van der Waals surface area contributed by atoms with Crippen LogP contribution in [0.1, 0.15) is 41.1 Å². The van der Waals surface area contributed by atoms with Crippen molar-refractivity contribution in [3.8, 4) is 11.5 Å². The van der Waals surface area contributed by atoms with E-state index < -0.39 is 59.8 Å². The first-order valence-electron chi connectivity index (χ1n) is 16.0. The van der Waals surface area contributed by atoms with Crippen LogP contribution in [-0.2, 0) is 23.9 Å². The van der Waals surface area contributed by atoms with Gasteiger partial charge in [0.05, 0.1) is 19.2 Å². The molecule has 2 aromatic carbocycles. The predicted octanol–water partition coefficient (Wildman–Crippen LogP) is 3.65. The SMILES string of the molecule is CCOC(=O)N1CCN(C(=O)C(CCNC(=O)c2cc(OC(C(=O)O)c3cccc(OC)c3)c3cc(F)c(C)cc3n2)C(=O)O)CC1.O=C(O)C(F)(F)F. The van der Waals surface area contributed by atoms with Crippen molar-refractivity contribution in [2.45, 2.75) is 32.5 Å². The molecular weight excluding hydrogens is 732 g/mol. The van der Waals surface area contributed by atoms with Crippen molar-refractivity contribution in [3.05, 3.63) is 65.1 Å². The number of aryl methyl sites for hydroxylation is 1. The summed E-state index contributed by atoms with van der Waals surface area (Å²) in [6, 6.07) is 9.89. The van der Waals surface area contributed by atoms with Crippen molar-refractivity contribution in [2.24, 2.45) is 5.92 Å². The van der Waals surface area contributed by atoms with Gasteiger partial charge in [0, 0.05) is 49.7 Å². The van der Waals surface area contributed by atoms with E-state index in [9.17, 15) is 51.7 Å². The molecule has 0 aliphatic carbocycles. The monoisotopic (exact) mass is 768 g/mol. The summed E-state index contributed by atoms with van der Waals surface area (Å²) in [5.74, 6) is -8.69. The van der Waals surface area contributed by atoms with E-state index in [1.165, 1.54) is 48.1 Å². The van der Waals surface area contributed by atoms with Gasteiger partial charge in [0.1, 0.15) is 28.9 Å². The Kier molecular flexibility index (Phi) is 14.5. The number of hydrogen-bond donors (Lipinski definition) is 4. The summed E-state index contributed by atoms with van der Waals surface area (Å²) < 4.78 is 62.4. The number of amides is 3. The maximum atomic E-state index is 14.6. The zero-order valence-electron chi connectivity index (χ0n) is 29.0. The van der Waals surface area contributed by atoms with Crippen LogP contribution in [0, 0.1) is 18.7 Å². The van der Waals surface area contributed by atoms with E-state index >= 15 is 0 Å². The zero-order chi connectivity index (χ0) is 40.3. The first-order chi connectivity index (χ1) is 25.4. The second kappa shape index (κ2) is 18.5. The molecule has 54 heavy (non-hydrogen) atoms. The Labute approximate surface area is 304 Å². The fourth-order valence-electron chi connectivity index (χ4n) is 5.04. The van der Waals surface area contributed by atoms with E-state index in [0.717, 1.165) is 6.07 Å².